The van der Waals surface area contributed by atoms with Gasteiger partial charge in [0.05, 0.1) is 9.85 Å². The molecule has 90 valence electrons. The number of nitrogens with zero attached hydrogens (tertiary/aromatic N) is 2. The Hall–Kier alpha value is -2.58. The minimum Gasteiger partial charge on any atom is -0.419 e. The van der Waals surface area contributed by atoms with E-state index in [1.54, 1.807) is 0 Å². The number of nitro groups is 2. The molecule has 0 atom stereocenters. The fourth-order valence-corrected chi connectivity index (χ4v) is 1.05. The van der Waals surface area contributed by atoms with Crippen molar-refractivity contribution in [3.8, 4) is 5.75 Å². The van der Waals surface area contributed by atoms with Crippen molar-refractivity contribution in [1.82, 2.24) is 0 Å². The highest BCUT2D eigenvalue weighted by Gasteiger charge is 2.26. The van der Waals surface area contributed by atoms with E-state index in [0.717, 1.165) is 6.92 Å². The summed E-state index contributed by atoms with van der Waals surface area (Å²) in [5, 5.41) is 20.9. The molecular formula is C8H5FN2O6. The quantitative estimate of drug-likeness (QED) is 0.345. The number of ether oxygens (including phenoxy) is 1. The Morgan fingerprint density at radius 1 is 1.24 bits per heavy atom. The number of benzene rings is 1. The van der Waals surface area contributed by atoms with Gasteiger partial charge in [0.15, 0.2) is 0 Å². The van der Waals surface area contributed by atoms with Gasteiger partial charge < -0.3 is 4.74 Å². The van der Waals surface area contributed by atoms with Crippen LogP contribution < -0.4 is 4.74 Å². The first kappa shape index (κ1) is 12.5. The standard InChI is InChI=1S/C8H5FN2O6/c1-4(12)17-8-2-5(9)6(10(13)14)3-7(8)11(15)16/h2-3H,1H3. The molecule has 0 amide bonds. The zero-order valence-electron chi connectivity index (χ0n) is 8.38. The van der Waals surface area contributed by atoms with Gasteiger partial charge >= 0.3 is 17.3 Å². The molecule has 17 heavy (non-hydrogen) atoms. The Balaban J connectivity index is 3.40. The predicted molar refractivity (Wildman–Crippen MR) is 51.0 cm³/mol. The first-order valence-corrected chi connectivity index (χ1v) is 4.13. The Morgan fingerprint density at radius 3 is 2.18 bits per heavy atom. The molecule has 0 aromatic heterocycles. The van der Waals surface area contributed by atoms with Crippen molar-refractivity contribution in [1.29, 1.82) is 0 Å². The van der Waals surface area contributed by atoms with Gasteiger partial charge in [-0.25, -0.2) is 0 Å². The van der Waals surface area contributed by atoms with Crippen LogP contribution in [0.2, 0.25) is 0 Å². The lowest BCUT2D eigenvalue weighted by molar-refractivity contribution is -0.396. The molecule has 0 spiro atoms. The number of rotatable bonds is 3. The number of carbonyl (C=O) groups is 1. The zero-order chi connectivity index (χ0) is 13.2. The van der Waals surface area contributed by atoms with Gasteiger partial charge in [-0.3, -0.25) is 25.0 Å². The van der Waals surface area contributed by atoms with E-state index in [1.807, 2.05) is 0 Å². The second-order valence-electron chi connectivity index (χ2n) is 2.88. The molecule has 0 fully saturated rings. The number of esters is 1. The Morgan fingerprint density at radius 2 is 1.76 bits per heavy atom. The molecular weight excluding hydrogens is 239 g/mol. The molecule has 0 aliphatic rings. The third kappa shape index (κ3) is 2.71. The van der Waals surface area contributed by atoms with Crippen LogP contribution in [0.25, 0.3) is 0 Å². The van der Waals surface area contributed by atoms with Gasteiger partial charge in [-0.1, -0.05) is 0 Å². The lowest BCUT2D eigenvalue weighted by Gasteiger charge is -2.02. The lowest BCUT2D eigenvalue weighted by atomic mass is 10.2. The van der Waals surface area contributed by atoms with Crippen LogP contribution in [-0.4, -0.2) is 15.8 Å². The largest absolute Gasteiger partial charge is 0.419 e. The van der Waals surface area contributed by atoms with Gasteiger partial charge in [-0.15, -0.1) is 0 Å². The maximum absolute atomic E-state index is 13.1. The van der Waals surface area contributed by atoms with E-state index in [-0.39, 0.29) is 0 Å². The monoisotopic (exact) mass is 244 g/mol. The molecule has 1 rings (SSSR count). The van der Waals surface area contributed by atoms with Crippen molar-refractivity contribution in [3.05, 3.63) is 38.2 Å². The fourth-order valence-electron chi connectivity index (χ4n) is 1.05. The molecule has 1 aromatic rings. The Kier molecular flexibility index (Phi) is 3.31. The lowest BCUT2D eigenvalue weighted by Crippen LogP contribution is -2.05. The van der Waals surface area contributed by atoms with Crippen molar-refractivity contribution in [2.24, 2.45) is 0 Å². The van der Waals surface area contributed by atoms with E-state index in [2.05, 4.69) is 4.74 Å². The van der Waals surface area contributed by atoms with E-state index >= 15 is 0 Å². The molecule has 0 saturated heterocycles. The van der Waals surface area contributed by atoms with Crippen molar-refractivity contribution in [2.45, 2.75) is 6.92 Å². The SMILES string of the molecule is CC(=O)Oc1cc(F)c([N+](=O)[O-])cc1[N+](=O)[O-]. The maximum atomic E-state index is 13.1. The van der Waals surface area contributed by atoms with Crippen LogP contribution in [0.5, 0.6) is 5.75 Å². The first-order valence-electron chi connectivity index (χ1n) is 4.13. The Labute approximate surface area is 92.9 Å². The number of nitro benzene ring substituents is 2. The predicted octanol–water partition coefficient (Wildman–Crippen LogP) is 1.57. The Bertz CT molecular complexity index is 515. The van der Waals surface area contributed by atoms with Gasteiger partial charge in [-0.05, 0) is 0 Å². The maximum Gasteiger partial charge on any atom is 0.318 e. The molecule has 0 aliphatic heterocycles. The average molecular weight is 244 g/mol. The third-order valence-corrected chi connectivity index (χ3v) is 1.68. The number of hydrogen-bond donors (Lipinski definition) is 0. The molecule has 0 bridgehead atoms. The van der Waals surface area contributed by atoms with E-state index in [4.69, 9.17) is 0 Å². The topological polar surface area (TPSA) is 113 Å². The summed E-state index contributed by atoms with van der Waals surface area (Å²) in [5.74, 6) is -2.90. The average Bonchev–Trinajstić information content (AvgIpc) is 2.15. The van der Waals surface area contributed by atoms with Crippen LogP contribution in [0.4, 0.5) is 15.8 Å². The highest BCUT2D eigenvalue weighted by molar-refractivity contribution is 5.71. The summed E-state index contributed by atoms with van der Waals surface area (Å²) in [6.07, 6.45) is 0. The van der Waals surface area contributed by atoms with Gasteiger partial charge in [-0.2, -0.15) is 4.39 Å². The van der Waals surface area contributed by atoms with Crippen LogP contribution in [0.15, 0.2) is 12.1 Å². The number of hydrogen-bond acceptors (Lipinski definition) is 6. The normalized spacial score (nSPS) is 9.76. The van der Waals surface area contributed by atoms with E-state index in [0.29, 0.717) is 12.1 Å². The van der Waals surface area contributed by atoms with E-state index in [9.17, 15) is 29.4 Å². The molecule has 0 aliphatic carbocycles. The number of carbonyl (C=O) groups excluding carboxylic acids is 1. The molecule has 9 heteroatoms. The molecule has 8 nitrogen and oxygen atoms in total. The summed E-state index contributed by atoms with van der Waals surface area (Å²) in [7, 11) is 0. The molecule has 0 N–H and O–H groups in total. The van der Waals surface area contributed by atoms with Crippen molar-refractivity contribution in [3.63, 3.8) is 0 Å². The van der Waals surface area contributed by atoms with E-state index < -0.39 is 38.8 Å². The van der Waals surface area contributed by atoms with Crippen LogP contribution in [0, 0.1) is 26.0 Å². The third-order valence-electron chi connectivity index (χ3n) is 1.68. The van der Waals surface area contributed by atoms with E-state index in [1.165, 1.54) is 0 Å². The molecule has 0 radical (unpaired) electrons. The summed E-state index contributed by atoms with van der Waals surface area (Å²) < 4.78 is 17.5. The van der Waals surface area contributed by atoms with Crippen molar-refractivity contribution >= 4 is 17.3 Å². The van der Waals surface area contributed by atoms with Crippen LogP contribution in [0.3, 0.4) is 0 Å². The second-order valence-corrected chi connectivity index (χ2v) is 2.88. The smallest absolute Gasteiger partial charge is 0.318 e. The number of halogens is 1. The molecule has 0 heterocycles. The second kappa shape index (κ2) is 4.51. The summed E-state index contributed by atoms with van der Waals surface area (Å²) in [6, 6.07) is 0.825. The summed E-state index contributed by atoms with van der Waals surface area (Å²) in [4.78, 5) is 29.4. The van der Waals surface area contributed by atoms with Crippen molar-refractivity contribution < 1.29 is 23.8 Å². The zero-order valence-corrected chi connectivity index (χ0v) is 8.38. The minimum atomic E-state index is -1.32. The molecule has 0 unspecified atom stereocenters. The van der Waals surface area contributed by atoms with Crippen LogP contribution in [-0.2, 0) is 4.79 Å². The first-order chi connectivity index (χ1) is 7.82. The minimum absolute atomic E-state index is 0.396. The van der Waals surface area contributed by atoms with Crippen LogP contribution in [0.1, 0.15) is 6.92 Å². The fraction of sp³-hybridized carbons (Fsp3) is 0.125. The van der Waals surface area contributed by atoms with Gasteiger partial charge in [0, 0.05) is 13.0 Å². The van der Waals surface area contributed by atoms with Gasteiger partial charge in [0.25, 0.3) is 0 Å². The van der Waals surface area contributed by atoms with Gasteiger partial charge in [0.2, 0.25) is 11.6 Å². The van der Waals surface area contributed by atoms with Crippen molar-refractivity contribution in [2.75, 3.05) is 0 Å². The highest BCUT2D eigenvalue weighted by atomic mass is 19.1. The van der Waals surface area contributed by atoms with Crippen LogP contribution >= 0.6 is 0 Å². The van der Waals surface area contributed by atoms with Gasteiger partial charge in [0.1, 0.15) is 6.07 Å². The summed E-state index contributed by atoms with van der Waals surface area (Å²) in [6.45, 7) is 0.961. The molecule has 0 saturated carbocycles. The highest BCUT2D eigenvalue weighted by Crippen LogP contribution is 2.33. The molecule has 1 aromatic carbocycles. The summed E-state index contributed by atoms with van der Waals surface area (Å²) in [5.41, 5.74) is -1.92. The summed E-state index contributed by atoms with van der Waals surface area (Å²) >= 11 is 0.